The lowest BCUT2D eigenvalue weighted by Gasteiger charge is -2.11. The Hall–Kier alpha value is -2.11. The van der Waals surface area contributed by atoms with E-state index in [1.807, 2.05) is 19.1 Å². The molecule has 0 atom stereocenters. The van der Waals surface area contributed by atoms with Gasteiger partial charge in [0.15, 0.2) is 5.65 Å². The van der Waals surface area contributed by atoms with Crippen LogP contribution >= 0.6 is 0 Å². The quantitative estimate of drug-likeness (QED) is 0.870. The number of pyridine rings is 1. The first-order chi connectivity index (χ1) is 8.49. The lowest BCUT2D eigenvalue weighted by atomic mass is 10.3. The Kier molecular flexibility index (Phi) is 3.18. The van der Waals surface area contributed by atoms with Gasteiger partial charge in [0.25, 0.3) is 0 Å². The summed E-state index contributed by atoms with van der Waals surface area (Å²) in [5, 5.41) is 0. The number of imidazole rings is 1. The van der Waals surface area contributed by atoms with Crippen molar-refractivity contribution in [2.45, 2.75) is 19.9 Å². The molecule has 2 N–H and O–H groups in total. The molecule has 1 amide bonds. The normalized spacial score (nSPS) is 10.8. The van der Waals surface area contributed by atoms with Crippen LogP contribution in [-0.2, 0) is 11.3 Å². The Labute approximate surface area is 105 Å². The smallest absolute Gasteiger partial charge is 0.223 e. The van der Waals surface area contributed by atoms with E-state index in [9.17, 15) is 4.79 Å². The Morgan fingerprint density at radius 3 is 2.78 bits per heavy atom. The average molecular weight is 247 g/mol. The van der Waals surface area contributed by atoms with Crippen molar-refractivity contribution in [2.75, 3.05) is 19.8 Å². The molecular weight excluding hydrogens is 230 g/mol. The number of carbonyl (C=O) groups is 1. The van der Waals surface area contributed by atoms with Crippen LogP contribution in [0.15, 0.2) is 12.1 Å². The summed E-state index contributed by atoms with van der Waals surface area (Å²) >= 11 is 0. The van der Waals surface area contributed by atoms with Crippen LogP contribution in [0, 0.1) is 6.92 Å². The van der Waals surface area contributed by atoms with Crippen molar-refractivity contribution in [3.8, 4) is 0 Å². The lowest BCUT2D eigenvalue weighted by Crippen LogP contribution is -2.23. The van der Waals surface area contributed by atoms with Crippen LogP contribution in [0.4, 0.5) is 5.95 Å². The molecule has 0 unspecified atom stereocenters. The average Bonchev–Trinajstić information content (AvgIpc) is 2.61. The van der Waals surface area contributed by atoms with Crippen LogP contribution in [-0.4, -0.2) is 39.4 Å². The number of nitrogens with two attached hydrogens (primary N) is 1. The Bertz CT molecular complexity index is 587. The molecule has 96 valence electrons. The van der Waals surface area contributed by atoms with Gasteiger partial charge in [-0.25, -0.2) is 9.97 Å². The van der Waals surface area contributed by atoms with Crippen molar-refractivity contribution in [3.63, 3.8) is 0 Å². The monoisotopic (exact) mass is 247 g/mol. The fourth-order valence-electron chi connectivity index (χ4n) is 1.77. The third-order valence-corrected chi connectivity index (χ3v) is 2.81. The molecule has 6 heteroatoms. The van der Waals surface area contributed by atoms with Gasteiger partial charge in [-0.2, -0.15) is 0 Å². The predicted molar refractivity (Wildman–Crippen MR) is 70.0 cm³/mol. The molecule has 2 aromatic rings. The number of aryl methyl sites for hydroxylation is 2. The molecule has 0 aliphatic rings. The SMILES string of the molecule is Cc1ccc2nc(N)n(CCC(=O)N(C)C)c2n1. The molecule has 0 aliphatic carbocycles. The molecule has 2 heterocycles. The van der Waals surface area contributed by atoms with Gasteiger partial charge in [-0.05, 0) is 19.1 Å². The molecule has 0 spiro atoms. The van der Waals surface area contributed by atoms with Crippen molar-refractivity contribution < 1.29 is 4.79 Å². The summed E-state index contributed by atoms with van der Waals surface area (Å²) in [5.74, 6) is 0.457. The molecule has 0 saturated heterocycles. The number of hydrogen-bond acceptors (Lipinski definition) is 4. The van der Waals surface area contributed by atoms with Crippen LogP contribution in [0.2, 0.25) is 0 Å². The maximum Gasteiger partial charge on any atom is 0.223 e. The maximum absolute atomic E-state index is 11.6. The van der Waals surface area contributed by atoms with E-state index >= 15 is 0 Å². The fourth-order valence-corrected chi connectivity index (χ4v) is 1.77. The summed E-state index contributed by atoms with van der Waals surface area (Å²) in [6.45, 7) is 2.41. The minimum absolute atomic E-state index is 0.0592. The van der Waals surface area contributed by atoms with Gasteiger partial charge >= 0.3 is 0 Å². The van der Waals surface area contributed by atoms with Gasteiger partial charge in [-0.1, -0.05) is 0 Å². The number of rotatable bonds is 3. The number of hydrogen-bond donors (Lipinski definition) is 1. The lowest BCUT2D eigenvalue weighted by molar-refractivity contribution is -0.128. The van der Waals surface area contributed by atoms with E-state index in [-0.39, 0.29) is 5.91 Å². The fraction of sp³-hybridized carbons (Fsp3) is 0.417. The summed E-state index contributed by atoms with van der Waals surface area (Å²) in [4.78, 5) is 21.8. The van der Waals surface area contributed by atoms with Crippen molar-refractivity contribution in [1.29, 1.82) is 0 Å². The number of amides is 1. The first kappa shape index (κ1) is 12.3. The number of nitrogen functional groups attached to an aromatic ring is 1. The number of nitrogens with zero attached hydrogens (tertiary/aromatic N) is 4. The van der Waals surface area contributed by atoms with Crippen LogP contribution in [0.1, 0.15) is 12.1 Å². The zero-order valence-corrected chi connectivity index (χ0v) is 10.8. The Morgan fingerprint density at radius 2 is 2.11 bits per heavy atom. The van der Waals surface area contributed by atoms with Gasteiger partial charge in [0.2, 0.25) is 11.9 Å². The summed E-state index contributed by atoms with van der Waals surface area (Å²) < 4.78 is 1.78. The predicted octanol–water partition coefficient (Wildman–Crippen LogP) is 0.800. The summed E-state index contributed by atoms with van der Waals surface area (Å²) in [5.41, 5.74) is 8.25. The number of fused-ring (bicyclic) bond motifs is 1. The van der Waals surface area contributed by atoms with Crippen LogP contribution in [0.25, 0.3) is 11.2 Å². The largest absolute Gasteiger partial charge is 0.369 e. The first-order valence-corrected chi connectivity index (χ1v) is 5.78. The standard InChI is InChI=1S/C12H17N5O/c1-8-4-5-9-11(14-8)17(12(13)15-9)7-6-10(18)16(2)3/h4-5H,6-7H2,1-3H3,(H2,13,15). The second-order valence-corrected chi connectivity index (χ2v) is 4.46. The van der Waals surface area contributed by atoms with E-state index in [1.165, 1.54) is 0 Å². The third kappa shape index (κ3) is 2.27. The van der Waals surface area contributed by atoms with E-state index in [0.717, 1.165) is 16.9 Å². The van der Waals surface area contributed by atoms with Crippen LogP contribution < -0.4 is 5.73 Å². The topological polar surface area (TPSA) is 77.0 Å². The van der Waals surface area contributed by atoms with Gasteiger partial charge in [-0.15, -0.1) is 0 Å². The summed E-state index contributed by atoms with van der Waals surface area (Å²) in [6.07, 6.45) is 0.387. The number of anilines is 1. The highest BCUT2D eigenvalue weighted by atomic mass is 16.2. The number of aromatic nitrogens is 3. The first-order valence-electron chi connectivity index (χ1n) is 5.78. The molecule has 2 rings (SSSR count). The minimum Gasteiger partial charge on any atom is -0.369 e. The van der Waals surface area contributed by atoms with Gasteiger partial charge in [0.1, 0.15) is 5.52 Å². The molecule has 0 saturated carbocycles. The number of carbonyl (C=O) groups excluding carboxylic acids is 1. The summed E-state index contributed by atoms with van der Waals surface area (Å²) in [7, 11) is 3.47. The highest BCUT2D eigenvalue weighted by Crippen LogP contribution is 2.16. The van der Waals surface area contributed by atoms with E-state index in [1.54, 1.807) is 23.6 Å². The Morgan fingerprint density at radius 1 is 1.39 bits per heavy atom. The molecule has 0 fully saturated rings. The van der Waals surface area contributed by atoms with Crippen LogP contribution in [0.5, 0.6) is 0 Å². The second-order valence-electron chi connectivity index (χ2n) is 4.46. The van der Waals surface area contributed by atoms with Crippen molar-refractivity contribution in [3.05, 3.63) is 17.8 Å². The Balaban J connectivity index is 2.29. The van der Waals surface area contributed by atoms with E-state index in [4.69, 9.17) is 5.73 Å². The van der Waals surface area contributed by atoms with Crippen molar-refractivity contribution in [2.24, 2.45) is 0 Å². The molecule has 18 heavy (non-hydrogen) atoms. The molecule has 2 aromatic heterocycles. The highest BCUT2D eigenvalue weighted by molar-refractivity contribution is 5.77. The molecular formula is C12H17N5O. The van der Waals surface area contributed by atoms with Crippen LogP contribution in [0.3, 0.4) is 0 Å². The maximum atomic E-state index is 11.6. The van der Waals surface area contributed by atoms with E-state index < -0.39 is 0 Å². The third-order valence-electron chi connectivity index (χ3n) is 2.81. The van der Waals surface area contributed by atoms with Gasteiger partial charge in [-0.3, -0.25) is 9.36 Å². The highest BCUT2D eigenvalue weighted by Gasteiger charge is 2.11. The zero-order valence-electron chi connectivity index (χ0n) is 10.8. The molecule has 0 aromatic carbocycles. The molecule has 0 radical (unpaired) electrons. The van der Waals surface area contributed by atoms with Gasteiger partial charge in [0, 0.05) is 32.8 Å². The minimum atomic E-state index is 0.0592. The van der Waals surface area contributed by atoms with E-state index in [2.05, 4.69) is 9.97 Å². The van der Waals surface area contributed by atoms with Gasteiger partial charge < -0.3 is 10.6 Å². The zero-order chi connectivity index (χ0) is 13.3. The molecule has 0 bridgehead atoms. The van der Waals surface area contributed by atoms with E-state index in [0.29, 0.717) is 18.9 Å². The van der Waals surface area contributed by atoms with Crippen molar-refractivity contribution >= 4 is 23.0 Å². The molecule has 0 aliphatic heterocycles. The summed E-state index contributed by atoms with van der Waals surface area (Å²) in [6, 6.07) is 3.78. The van der Waals surface area contributed by atoms with Crippen molar-refractivity contribution in [1.82, 2.24) is 19.4 Å². The molecule has 6 nitrogen and oxygen atoms in total. The van der Waals surface area contributed by atoms with Gasteiger partial charge in [0.05, 0.1) is 0 Å². The second kappa shape index (κ2) is 4.64.